The van der Waals surface area contributed by atoms with Gasteiger partial charge in [0.05, 0.1) is 5.56 Å². The minimum absolute atomic E-state index is 0.0279. The van der Waals surface area contributed by atoms with Gasteiger partial charge < -0.3 is 0 Å². The second kappa shape index (κ2) is 4.18. The molecule has 78 valence electrons. The molecule has 0 unspecified atom stereocenters. The maximum atomic E-state index is 13.0. The summed E-state index contributed by atoms with van der Waals surface area (Å²) >= 11 is 5.66. The third kappa shape index (κ3) is 2.28. The Hall–Kier alpha value is -0.100. The average Bonchev–Trinajstić information content (AvgIpc) is 2.02. The summed E-state index contributed by atoms with van der Waals surface area (Å²) in [5, 5.41) is 0.0311. The Morgan fingerprint density at radius 1 is 1.21 bits per heavy atom. The topological polar surface area (TPSA) is 0 Å². The molecule has 0 aliphatic carbocycles. The summed E-state index contributed by atoms with van der Waals surface area (Å²) in [5.41, 5.74) is -0.895. The third-order valence-electron chi connectivity index (χ3n) is 1.63. The van der Waals surface area contributed by atoms with Crippen LogP contribution in [-0.2, 0) is 11.5 Å². The Morgan fingerprint density at radius 2 is 1.79 bits per heavy atom. The van der Waals surface area contributed by atoms with Gasteiger partial charge in [-0.2, -0.15) is 13.2 Å². The Balaban J connectivity index is 3.36. The molecule has 0 atom stereocenters. The van der Waals surface area contributed by atoms with Gasteiger partial charge in [-0.3, -0.25) is 0 Å². The zero-order valence-corrected chi connectivity index (χ0v) is 9.80. The molecule has 0 fully saturated rings. The first-order valence-electron chi connectivity index (χ1n) is 3.48. The Labute approximate surface area is 94.6 Å². The van der Waals surface area contributed by atoms with Crippen molar-refractivity contribution in [3.63, 3.8) is 0 Å². The van der Waals surface area contributed by atoms with Gasteiger partial charge in [0, 0.05) is 15.4 Å². The van der Waals surface area contributed by atoms with E-state index < -0.39 is 17.6 Å². The van der Waals surface area contributed by atoms with E-state index in [0.29, 0.717) is 6.07 Å². The molecule has 0 amide bonds. The fourth-order valence-corrected chi connectivity index (χ4v) is 2.55. The van der Waals surface area contributed by atoms with E-state index in [0.717, 1.165) is 6.07 Å². The van der Waals surface area contributed by atoms with Gasteiger partial charge in [-0.15, -0.1) is 0 Å². The van der Waals surface area contributed by atoms with Crippen LogP contribution in [0.5, 0.6) is 0 Å². The number of hydrogen-bond donors (Lipinski definition) is 0. The fourth-order valence-electron chi connectivity index (χ4n) is 0.939. The summed E-state index contributed by atoms with van der Waals surface area (Å²) in [6, 6.07) is 1.52. The molecule has 14 heavy (non-hydrogen) atoms. The predicted octanol–water partition coefficient (Wildman–Crippen LogP) is 4.50. The number of alkyl halides is 4. The molecule has 0 spiro atoms. The fraction of sp³-hybridized carbons (Fsp3) is 0.250. The van der Waals surface area contributed by atoms with E-state index >= 15 is 0 Å². The monoisotopic (exact) mass is 334 g/mol. The second-order valence-corrected chi connectivity index (χ2v) is 3.87. The Morgan fingerprint density at radius 3 is 2.21 bits per heavy atom. The highest BCUT2D eigenvalue weighted by molar-refractivity contribution is 9.10. The molecule has 1 aromatic carbocycles. The van der Waals surface area contributed by atoms with Crippen molar-refractivity contribution in [2.75, 3.05) is 0 Å². The highest BCUT2D eigenvalue weighted by atomic mass is 79.9. The van der Waals surface area contributed by atoms with E-state index in [1.165, 1.54) is 0 Å². The van der Waals surface area contributed by atoms with Crippen LogP contribution < -0.4 is 0 Å². The lowest BCUT2D eigenvalue weighted by atomic mass is 10.1. The standard InChI is InChI=1S/C8H4Br2F4/c9-3-4-6(11)2-1-5(7(4)10)8(12,13)14/h1-2H,3H2. The average molecular weight is 336 g/mol. The van der Waals surface area contributed by atoms with Crippen LogP contribution in [0.2, 0.25) is 0 Å². The van der Waals surface area contributed by atoms with Crippen molar-refractivity contribution in [2.45, 2.75) is 11.5 Å². The van der Waals surface area contributed by atoms with Gasteiger partial charge in [0.15, 0.2) is 0 Å². The number of rotatable bonds is 1. The summed E-state index contributed by atoms with van der Waals surface area (Å²) in [5.74, 6) is -0.665. The molecule has 0 radical (unpaired) electrons. The summed E-state index contributed by atoms with van der Waals surface area (Å²) < 4.78 is 49.7. The number of benzene rings is 1. The maximum absolute atomic E-state index is 13.0. The second-order valence-electron chi connectivity index (χ2n) is 2.52. The lowest BCUT2D eigenvalue weighted by Gasteiger charge is -2.11. The largest absolute Gasteiger partial charge is 0.417 e. The van der Waals surface area contributed by atoms with E-state index in [-0.39, 0.29) is 15.4 Å². The van der Waals surface area contributed by atoms with Crippen LogP contribution in [0.25, 0.3) is 0 Å². The van der Waals surface area contributed by atoms with Crippen LogP contribution >= 0.6 is 31.9 Å². The van der Waals surface area contributed by atoms with E-state index in [1.54, 1.807) is 0 Å². The molecule has 0 heterocycles. The first kappa shape index (κ1) is 12.0. The molecule has 1 rings (SSSR count). The minimum Gasteiger partial charge on any atom is -0.207 e. The van der Waals surface area contributed by atoms with Crippen molar-refractivity contribution in [2.24, 2.45) is 0 Å². The molecule has 0 aliphatic rings. The van der Waals surface area contributed by atoms with Gasteiger partial charge in [0.25, 0.3) is 0 Å². The van der Waals surface area contributed by atoms with Crippen molar-refractivity contribution in [1.29, 1.82) is 0 Å². The Bertz CT molecular complexity index is 346. The molecular formula is C8H4Br2F4. The van der Waals surface area contributed by atoms with E-state index in [9.17, 15) is 17.6 Å². The minimum atomic E-state index is -4.47. The van der Waals surface area contributed by atoms with Gasteiger partial charge in [0.1, 0.15) is 5.82 Å². The van der Waals surface area contributed by atoms with Gasteiger partial charge >= 0.3 is 6.18 Å². The zero-order valence-electron chi connectivity index (χ0n) is 6.63. The SMILES string of the molecule is Fc1ccc(C(F)(F)F)c(Br)c1CBr. The Kier molecular flexibility index (Phi) is 3.58. The van der Waals surface area contributed by atoms with E-state index in [4.69, 9.17) is 0 Å². The predicted molar refractivity (Wildman–Crippen MR) is 51.7 cm³/mol. The maximum Gasteiger partial charge on any atom is 0.417 e. The van der Waals surface area contributed by atoms with Crippen LogP contribution in [0, 0.1) is 5.82 Å². The highest BCUT2D eigenvalue weighted by Crippen LogP contribution is 2.37. The van der Waals surface area contributed by atoms with Crippen LogP contribution in [0.15, 0.2) is 16.6 Å². The van der Waals surface area contributed by atoms with Crippen molar-refractivity contribution in [3.8, 4) is 0 Å². The summed E-state index contributed by atoms with van der Waals surface area (Å²) in [6.07, 6.45) is -4.47. The quantitative estimate of drug-likeness (QED) is 0.523. The van der Waals surface area contributed by atoms with Crippen LogP contribution in [0.3, 0.4) is 0 Å². The van der Waals surface area contributed by atoms with Gasteiger partial charge in [-0.1, -0.05) is 15.9 Å². The normalized spacial score (nSPS) is 11.9. The highest BCUT2D eigenvalue weighted by Gasteiger charge is 2.34. The molecule has 0 nitrogen and oxygen atoms in total. The molecule has 0 saturated carbocycles. The third-order valence-corrected chi connectivity index (χ3v) is 3.09. The van der Waals surface area contributed by atoms with Crippen LogP contribution in [0.4, 0.5) is 17.6 Å². The molecule has 6 heteroatoms. The molecular weight excluding hydrogens is 332 g/mol. The zero-order chi connectivity index (χ0) is 10.9. The molecule has 0 aliphatic heterocycles. The van der Waals surface area contributed by atoms with Crippen molar-refractivity contribution >= 4 is 31.9 Å². The summed E-state index contributed by atoms with van der Waals surface area (Å²) in [4.78, 5) is 0. The summed E-state index contributed by atoms with van der Waals surface area (Å²) in [6.45, 7) is 0. The first-order chi connectivity index (χ1) is 6.38. The lowest BCUT2D eigenvalue weighted by molar-refractivity contribution is -0.138. The smallest absolute Gasteiger partial charge is 0.207 e. The lowest BCUT2D eigenvalue weighted by Crippen LogP contribution is -2.08. The molecule has 1 aromatic rings. The molecule has 0 N–H and O–H groups in total. The van der Waals surface area contributed by atoms with Crippen molar-refractivity contribution in [1.82, 2.24) is 0 Å². The summed E-state index contributed by atoms with van der Waals surface area (Å²) in [7, 11) is 0. The van der Waals surface area contributed by atoms with Crippen molar-refractivity contribution in [3.05, 3.63) is 33.5 Å². The molecule has 0 aromatic heterocycles. The molecule has 0 saturated heterocycles. The van der Waals surface area contributed by atoms with E-state index in [2.05, 4.69) is 31.9 Å². The van der Waals surface area contributed by atoms with Crippen LogP contribution in [0.1, 0.15) is 11.1 Å². The first-order valence-corrected chi connectivity index (χ1v) is 5.39. The van der Waals surface area contributed by atoms with Gasteiger partial charge in [-0.25, -0.2) is 4.39 Å². The van der Waals surface area contributed by atoms with Crippen molar-refractivity contribution < 1.29 is 17.6 Å². The number of halogens is 6. The van der Waals surface area contributed by atoms with Gasteiger partial charge in [0.2, 0.25) is 0 Å². The van der Waals surface area contributed by atoms with Gasteiger partial charge in [-0.05, 0) is 28.1 Å². The molecule has 0 bridgehead atoms. The van der Waals surface area contributed by atoms with E-state index in [1.807, 2.05) is 0 Å². The number of hydrogen-bond acceptors (Lipinski definition) is 0. The van der Waals surface area contributed by atoms with Crippen LogP contribution in [-0.4, -0.2) is 0 Å².